The van der Waals surface area contributed by atoms with Crippen LogP contribution in [0.2, 0.25) is 0 Å². The summed E-state index contributed by atoms with van der Waals surface area (Å²) in [6, 6.07) is 11.2. The van der Waals surface area contributed by atoms with E-state index in [2.05, 4.69) is 0 Å². The molecular weight excluding hydrogens is 420 g/mol. The highest BCUT2D eigenvalue weighted by molar-refractivity contribution is 5.95. The average Bonchev–Trinajstić information content (AvgIpc) is 2.81. The van der Waals surface area contributed by atoms with E-state index in [9.17, 15) is 19.7 Å². The zero-order valence-electron chi connectivity index (χ0n) is 19.6. The number of nitro benzene ring substituents is 1. The molecule has 1 heterocycles. The highest BCUT2D eigenvalue weighted by Gasteiger charge is 2.28. The summed E-state index contributed by atoms with van der Waals surface area (Å²) in [7, 11) is 0. The lowest BCUT2D eigenvalue weighted by molar-refractivity contribution is -0.385. The number of aromatic nitrogens is 2. The summed E-state index contributed by atoms with van der Waals surface area (Å²) in [5, 5.41) is 11.9. The van der Waals surface area contributed by atoms with Gasteiger partial charge in [-0.15, -0.1) is 0 Å². The minimum absolute atomic E-state index is 0.0873. The number of aryl methyl sites for hydroxylation is 1. The van der Waals surface area contributed by atoms with Gasteiger partial charge in [0.2, 0.25) is 0 Å². The molecule has 3 aromatic rings. The standard InChI is InChI=1S/C25H30N4O4/c1-5-7-15-27(24(30)19-13-12-17(3)22(16-19)29(32)33)18(4)23-26-21-11-9-8-10-20(21)25(31)28(23)14-6-2/h8-13,16,18H,5-7,14-15H2,1-4H3. The Morgan fingerprint density at radius 2 is 1.91 bits per heavy atom. The molecule has 0 N–H and O–H groups in total. The van der Waals surface area contributed by atoms with E-state index in [1.54, 1.807) is 40.7 Å². The molecule has 1 unspecified atom stereocenters. The Morgan fingerprint density at radius 3 is 2.58 bits per heavy atom. The molecule has 0 radical (unpaired) electrons. The Balaban J connectivity index is 2.12. The zero-order chi connectivity index (χ0) is 24.1. The van der Waals surface area contributed by atoms with Gasteiger partial charge in [0.05, 0.1) is 21.9 Å². The molecule has 1 aromatic heterocycles. The molecule has 2 aromatic carbocycles. The van der Waals surface area contributed by atoms with Gasteiger partial charge in [0, 0.05) is 30.3 Å². The van der Waals surface area contributed by atoms with Gasteiger partial charge in [0.15, 0.2) is 0 Å². The maximum atomic E-state index is 13.6. The molecule has 174 valence electrons. The minimum Gasteiger partial charge on any atom is -0.329 e. The number of hydrogen-bond donors (Lipinski definition) is 0. The largest absolute Gasteiger partial charge is 0.329 e. The highest BCUT2D eigenvalue weighted by Crippen LogP contribution is 2.26. The van der Waals surface area contributed by atoms with E-state index in [4.69, 9.17) is 4.98 Å². The smallest absolute Gasteiger partial charge is 0.273 e. The second-order valence-corrected chi connectivity index (χ2v) is 8.23. The lowest BCUT2D eigenvalue weighted by Crippen LogP contribution is -2.38. The second kappa shape index (κ2) is 10.4. The van der Waals surface area contributed by atoms with Crippen LogP contribution in [0.15, 0.2) is 47.3 Å². The Kier molecular flexibility index (Phi) is 7.58. The van der Waals surface area contributed by atoms with Crippen molar-refractivity contribution in [3.63, 3.8) is 0 Å². The molecule has 0 aliphatic rings. The number of carbonyl (C=O) groups is 1. The fraction of sp³-hybridized carbons (Fsp3) is 0.400. The maximum absolute atomic E-state index is 13.6. The first-order valence-corrected chi connectivity index (χ1v) is 11.4. The van der Waals surface area contributed by atoms with E-state index in [1.165, 1.54) is 6.07 Å². The first kappa shape index (κ1) is 24.1. The monoisotopic (exact) mass is 450 g/mol. The lowest BCUT2D eigenvalue weighted by Gasteiger charge is -2.30. The Hall–Kier alpha value is -3.55. The number of rotatable bonds is 9. The van der Waals surface area contributed by atoms with Gasteiger partial charge in [-0.25, -0.2) is 4.98 Å². The zero-order valence-corrected chi connectivity index (χ0v) is 19.6. The van der Waals surface area contributed by atoms with Gasteiger partial charge < -0.3 is 4.90 Å². The number of amides is 1. The normalized spacial score (nSPS) is 12.0. The van der Waals surface area contributed by atoms with E-state index in [-0.39, 0.29) is 22.7 Å². The van der Waals surface area contributed by atoms with Crippen LogP contribution in [0.5, 0.6) is 0 Å². The molecule has 0 spiro atoms. The third kappa shape index (κ3) is 4.94. The number of nitrogens with zero attached hydrogens (tertiary/aromatic N) is 4. The summed E-state index contributed by atoms with van der Waals surface area (Å²) in [4.78, 5) is 44.2. The predicted octanol–water partition coefficient (Wildman–Crippen LogP) is 5.03. The van der Waals surface area contributed by atoms with Crippen LogP contribution < -0.4 is 5.56 Å². The number of fused-ring (bicyclic) bond motifs is 1. The SMILES string of the molecule is CCCCN(C(=O)c1ccc(C)c([N+](=O)[O-])c1)C(C)c1nc2ccccc2c(=O)n1CCC. The van der Waals surface area contributed by atoms with E-state index >= 15 is 0 Å². The maximum Gasteiger partial charge on any atom is 0.273 e. The van der Waals surface area contributed by atoms with Crippen LogP contribution in [0.4, 0.5) is 5.69 Å². The first-order valence-electron chi connectivity index (χ1n) is 11.4. The van der Waals surface area contributed by atoms with Crippen molar-refractivity contribution < 1.29 is 9.72 Å². The summed E-state index contributed by atoms with van der Waals surface area (Å²) in [6.45, 7) is 8.47. The van der Waals surface area contributed by atoms with Crippen molar-refractivity contribution in [3.05, 3.63) is 79.9 Å². The minimum atomic E-state index is -0.492. The molecule has 0 fully saturated rings. The van der Waals surface area contributed by atoms with Gasteiger partial charge in [-0.05, 0) is 44.9 Å². The average molecular weight is 451 g/mol. The fourth-order valence-corrected chi connectivity index (χ4v) is 3.99. The quantitative estimate of drug-likeness (QED) is 0.336. The van der Waals surface area contributed by atoms with Crippen LogP contribution in [0, 0.1) is 17.0 Å². The Morgan fingerprint density at radius 1 is 1.18 bits per heavy atom. The summed E-state index contributed by atoms with van der Waals surface area (Å²) < 4.78 is 1.65. The second-order valence-electron chi connectivity index (χ2n) is 8.23. The van der Waals surface area contributed by atoms with Crippen molar-refractivity contribution >= 4 is 22.5 Å². The van der Waals surface area contributed by atoms with E-state index in [0.29, 0.717) is 35.4 Å². The number of hydrogen-bond acceptors (Lipinski definition) is 5. The number of para-hydroxylation sites is 1. The van der Waals surface area contributed by atoms with E-state index in [1.807, 2.05) is 32.9 Å². The molecule has 0 aliphatic carbocycles. The molecule has 0 bridgehead atoms. The lowest BCUT2D eigenvalue weighted by atomic mass is 10.1. The summed E-state index contributed by atoms with van der Waals surface area (Å²) in [5.74, 6) is 0.205. The number of benzene rings is 2. The third-order valence-corrected chi connectivity index (χ3v) is 5.85. The fourth-order valence-electron chi connectivity index (χ4n) is 3.99. The van der Waals surface area contributed by atoms with Crippen molar-refractivity contribution in [1.82, 2.24) is 14.5 Å². The van der Waals surface area contributed by atoms with Gasteiger partial charge in [0.25, 0.3) is 17.2 Å². The molecule has 33 heavy (non-hydrogen) atoms. The molecule has 8 heteroatoms. The van der Waals surface area contributed by atoms with E-state index in [0.717, 1.165) is 19.3 Å². The number of carbonyl (C=O) groups excluding carboxylic acids is 1. The van der Waals surface area contributed by atoms with Crippen LogP contribution in [0.25, 0.3) is 10.9 Å². The molecule has 0 aliphatic heterocycles. The van der Waals surface area contributed by atoms with Crippen molar-refractivity contribution in [2.24, 2.45) is 0 Å². The van der Waals surface area contributed by atoms with Crippen molar-refractivity contribution in [1.29, 1.82) is 0 Å². The molecule has 0 saturated carbocycles. The molecular formula is C25H30N4O4. The molecule has 0 saturated heterocycles. The van der Waals surface area contributed by atoms with E-state index < -0.39 is 11.0 Å². The molecule has 1 amide bonds. The van der Waals surface area contributed by atoms with Crippen molar-refractivity contribution in [2.45, 2.75) is 59.5 Å². The summed E-state index contributed by atoms with van der Waals surface area (Å²) in [6.07, 6.45) is 2.37. The number of nitro groups is 1. The first-order chi connectivity index (χ1) is 15.8. The van der Waals surface area contributed by atoms with Gasteiger partial charge >= 0.3 is 0 Å². The highest BCUT2D eigenvalue weighted by atomic mass is 16.6. The van der Waals surface area contributed by atoms with Crippen LogP contribution in [0.1, 0.15) is 67.8 Å². The predicted molar refractivity (Wildman–Crippen MR) is 128 cm³/mol. The summed E-state index contributed by atoms with van der Waals surface area (Å²) in [5.41, 5.74) is 1.12. The summed E-state index contributed by atoms with van der Waals surface area (Å²) >= 11 is 0. The van der Waals surface area contributed by atoms with Crippen LogP contribution in [-0.4, -0.2) is 31.8 Å². The van der Waals surface area contributed by atoms with Crippen LogP contribution in [-0.2, 0) is 6.54 Å². The topological polar surface area (TPSA) is 98.3 Å². The van der Waals surface area contributed by atoms with Gasteiger partial charge in [-0.1, -0.05) is 38.5 Å². The molecule has 8 nitrogen and oxygen atoms in total. The van der Waals surface area contributed by atoms with Gasteiger partial charge in [-0.2, -0.15) is 0 Å². The Labute approximate surface area is 193 Å². The number of unbranched alkanes of at least 4 members (excludes halogenated alkanes) is 1. The Bertz CT molecular complexity index is 1230. The third-order valence-electron chi connectivity index (χ3n) is 5.85. The van der Waals surface area contributed by atoms with Crippen molar-refractivity contribution in [3.8, 4) is 0 Å². The van der Waals surface area contributed by atoms with Crippen LogP contribution in [0.3, 0.4) is 0 Å². The molecule has 1 atom stereocenters. The van der Waals surface area contributed by atoms with Crippen LogP contribution >= 0.6 is 0 Å². The van der Waals surface area contributed by atoms with Crippen molar-refractivity contribution in [2.75, 3.05) is 6.54 Å². The van der Waals surface area contributed by atoms with Gasteiger partial charge in [0.1, 0.15) is 5.82 Å². The molecule has 3 rings (SSSR count). The van der Waals surface area contributed by atoms with Gasteiger partial charge in [-0.3, -0.25) is 24.3 Å².